The molecule has 0 radical (unpaired) electrons. The normalized spacial score (nSPS) is 10.4. The second-order valence-electron chi connectivity index (χ2n) is 4.17. The van der Waals surface area contributed by atoms with Crippen LogP contribution in [0, 0.1) is 0 Å². The zero-order valence-electron chi connectivity index (χ0n) is 11.8. The molecule has 7 nitrogen and oxygen atoms in total. The molecule has 2 heterocycles. The van der Waals surface area contributed by atoms with Gasteiger partial charge in [0, 0.05) is 25.9 Å². The van der Waals surface area contributed by atoms with E-state index in [9.17, 15) is 9.59 Å². The third-order valence-electron chi connectivity index (χ3n) is 2.59. The highest BCUT2D eigenvalue weighted by molar-refractivity contribution is 7.17. The molecule has 0 aromatic carbocycles. The van der Waals surface area contributed by atoms with Gasteiger partial charge in [-0.15, -0.1) is 0 Å². The van der Waals surface area contributed by atoms with Crippen molar-refractivity contribution in [3.8, 4) is 0 Å². The molecule has 2 rings (SSSR count). The summed E-state index contributed by atoms with van der Waals surface area (Å²) in [5, 5.41) is 7.69. The Hall–Kier alpha value is -2.22. The van der Waals surface area contributed by atoms with Crippen LogP contribution >= 0.6 is 11.3 Å². The summed E-state index contributed by atoms with van der Waals surface area (Å²) >= 11 is 1.16. The first kappa shape index (κ1) is 15.2. The predicted octanol–water partition coefficient (Wildman–Crippen LogP) is 1.83. The number of carbonyl (C=O) groups excluding carboxylic acids is 2. The average Bonchev–Trinajstić information content (AvgIpc) is 3.08. The zero-order chi connectivity index (χ0) is 15.2. The monoisotopic (exact) mass is 308 g/mol. The number of thiazole rings is 1. The summed E-state index contributed by atoms with van der Waals surface area (Å²) in [6, 6.07) is 1.84. The number of aromatic nitrogens is 3. The first-order valence-electron chi connectivity index (χ1n) is 6.52. The molecule has 0 aliphatic rings. The number of ketones is 1. The second kappa shape index (κ2) is 6.98. The van der Waals surface area contributed by atoms with Gasteiger partial charge in [-0.1, -0.05) is 11.3 Å². The second-order valence-corrected chi connectivity index (χ2v) is 5.17. The van der Waals surface area contributed by atoms with Gasteiger partial charge in [-0.05, 0) is 13.0 Å². The molecule has 2 aromatic heterocycles. The number of nitrogens with one attached hydrogen (secondary N) is 1. The fraction of sp³-hybridized carbons (Fsp3) is 0.385. The molecule has 0 atom stereocenters. The van der Waals surface area contributed by atoms with Gasteiger partial charge in [0.05, 0.1) is 13.2 Å². The number of hydrogen-bond acceptors (Lipinski definition) is 7. The number of nitrogens with zero attached hydrogens (tertiary/aromatic N) is 3. The lowest BCUT2D eigenvalue weighted by molar-refractivity contribution is 0.0517. The van der Waals surface area contributed by atoms with Crippen molar-refractivity contribution in [1.29, 1.82) is 0 Å². The van der Waals surface area contributed by atoms with Crippen molar-refractivity contribution in [2.45, 2.75) is 20.4 Å². The summed E-state index contributed by atoms with van der Waals surface area (Å²) in [4.78, 5) is 27.8. The molecule has 0 unspecified atom stereocenters. The Morgan fingerprint density at radius 1 is 1.48 bits per heavy atom. The van der Waals surface area contributed by atoms with E-state index in [1.54, 1.807) is 17.8 Å². The number of Topliss-reactive ketones (excluding diaryl/α,β-unsaturated/α-hetero) is 1. The van der Waals surface area contributed by atoms with Gasteiger partial charge in [-0.3, -0.25) is 9.48 Å². The SMILES string of the molecule is CCOC(=O)c1nc(NCCn2cccn2)sc1C(C)=O. The number of hydrogen-bond donors (Lipinski definition) is 1. The Balaban J connectivity index is 2.04. The van der Waals surface area contributed by atoms with Crippen molar-refractivity contribution < 1.29 is 14.3 Å². The minimum absolute atomic E-state index is 0.0796. The van der Waals surface area contributed by atoms with Crippen molar-refractivity contribution in [1.82, 2.24) is 14.8 Å². The van der Waals surface area contributed by atoms with E-state index in [0.717, 1.165) is 11.3 Å². The van der Waals surface area contributed by atoms with Gasteiger partial charge < -0.3 is 10.1 Å². The van der Waals surface area contributed by atoms with Gasteiger partial charge in [0.25, 0.3) is 0 Å². The number of rotatable bonds is 7. The quantitative estimate of drug-likeness (QED) is 0.620. The Kier molecular flexibility index (Phi) is 5.04. The molecule has 0 aliphatic carbocycles. The predicted molar refractivity (Wildman–Crippen MR) is 78.8 cm³/mol. The molecule has 0 amide bonds. The van der Waals surface area contributed by atoms with E-state index in [1.165, 1.54) is 6.92 Å². The van der Waals surface area contributed by atoms with Crippen LogP contribution < -0.4 is 5.32 Å². The minimum atomic E-state index is -0.570. The van der Waals surface area contributed by atoms with E-state index in [2.05, 4.69) is 15.4 Å². The zero-order valence-corrected chi connectivity index (χ0v) is 12.6. The van der Waals surface area contributed by atoms with Gasteiger partial charge in [-0.2, -0.15) is 5.10 Å². The van der Waals surface area contributed by atoms with Crippen LogP contribution in [0.2, 0.25) is 0 Å². The summed E-state index contributed by atoms with van der Waals surface area (Å²) in [5.41, 5.74) is 0.0796. The molecule has 0 saturated heterocycles. The topological polar surface area (TPSA) is 86.1 Å². The van der Waals surface area contributed by atoms with Crippen molar-refractivity contribution >= 4 is 28.2 Å². The van der Waals surface area contributed by atoms with E-state index in [4.69, 9.17) is 4.74 Å². The fourth-order valence-electron chi connectivity index (χ4n) is 1.68. The van der Waals surface area contributed by atoms with E-state index < -0.39 is 5.97 Å². The molecule has 21 heavy (non-hydrogen) atoms. The lowest BCUT2D eigenvalue weighted by Crippen LogP contribution is -2.11. The van der Waals surface area contributed by atoms with Gasteiger partial charge in [0.2, 0.25) is 0 Å². The third kappa shape index (κ3) is 3.88. The standard InChI is InChI=1S/C13H16N4O3S/c1-3-20-12(19)10-11(9(2)18)21-13(16-10)14-6-8-17-7-4-5-15-17/h4-5,7H,3,6,8H2,1-2H3,(H,14,16). The number of carbonyl (C=O) groups is 2. The number of ether oxygens (including phenoxy) is 1. The van der Waals surface area contributed by atoms with Crippen molar-refractivity contribution in [2.75, 3.05) is 18.5 Å². The third-order valence-corrected chi connectivity index (χ3v) is 3.71. The van der Waals surface area contributed by atoms with Gasteiger partial charge in [0.15, 0.2) is 16.6 Å². The van der Waals surface area contributed by atoms with Crippen LogP contribution in [0.3, 0.4) is 0 Å². The highest BCUT2D eigenvalue weighted by Gasteiger charge is 2.22. The maximum atomic E-state index is 11.8. The van der Waals surface area contributed by atoms with Gasteiger partial charge >= 0.3 is 5.97 Å². The lowest BCUT2D eigenvalue weighted by atomic mass is 10.3. The molecule has 0 saturated carbocycles. The summed E-state index contributed by atoms with van der Waals surface area (Å²) < 4.78 is 6.68. The first-order chi connectivity index (χ1) is 10.1. The maximum absolute atomic E-state index is 11.8. The molecular formula is C13H16N4O3S. The van der Waals surface area contributed by atoms with Gasteiger partial charge in [-0.25, -0.2) is 9.78 Å². The average molecular weight is 308 g/mol. The van der Waals surface area contributed by atoms with Crippen LogP contribution in [0.4, 0.5) is 5.13 Å². The highest BCUT2D eigenvalue weighted by atomic mass is 32.1. The van der Waals surface area contributed by atoms with Crippen LogP contribution in [0.25, 0.3) is 0 Å². The Morgan fingerprint density at radius 3 is 2.90 bits per heavy atom. The minimum Gasteiger partial charge on any atom is -0.461 e. The molecule has 0 bridgehead atoms. The first-order valence-corrected chi connectivity index (χ1v) is 7.33. The van der Waals surface area contributed by atoms with E-state index in [-0.39, 0.29) is 18.1 Å². The largest absolute Gasteiger partial charge is 0.461 e. The summed E-state index contributed by atoms with van der Waals surface area (Å²) in [6.45, 7) is 4.62. The molecule has 2 aromatic rings. The van der Waals surface area contributed by atoms with Crippen LogP contribution in [0.15, 0.2) is 18.5 Å². The Morgan fingerprint density at radius 2 is 2.29 bits per heavy atom. The van der Waals surface area contributed by atoms with Crippen LogP contribution in [-0.2, 0) is 11.3 Å². The Bertz CT molecular complexity index is 621. The molecule has 0 aliphatic heterocycles. The number of esters is 1. The van der Waals surface area contributed by atoms with Gasteiger partial charge in [0.1, 0.15) is 4.88 Å². The van der Waals surface area contributed by atoms with Crippen molar-refractivity contribution in [3.05, 3.63) is 29.0 Å². The molecule has 112 valence electrons. The molecule has 0 fully saturated rings. The van der Waals surface area contributed by atoms with E-state index in [0.29, 0.717) is 23.1 Å². The number of anilines is 1. The summed E-state index contributed by atoms with van der Waals surface area (Å²) in [7, 11) is 0. The fourth-order valence-corrected chi connectivity index (χ4v) is 2.56. The highest BCUT2D eigenvalue weighted by Crippen LogP contribution is 2.24. The van der Waals surface area contributed by atoms with Crippen LogP contribution in [0.1, 0.15) is 34.0 Å². The van der Waals surface area contributed by atoms with Crippen LogP contribution in [-0.4, -0.2) is 39.7 Å². The molecule has 0 spiro atoms. The molecule has 8 heteroatoms. The maximum Gasteiger partial charge on any atom is 0.358 e. The Labute approximate surface area is 125 Å². The van der Waals surface area contributed by atoms with E-state index >= 15 is 0 Å². The molecule has 1 N–H and O–H groups in total. The smallest absolute Gasteiger partial charge is 0.358 e. The van der Waals surface area contributed by atoms with Crippen molar-refractivity contribution in [2.24, 2.45) is 0 Å². The summed E-state index contributed by atoms with van der Waals surface area (Å²) in [5.74, 6) is -0.769. The van der Waals surface area contributed by atoms with E-state index in [1.807, 2.05) is 12.3 Å². The lowest BCUT2D eigenvalue weighted by Gasteiger charge is -2.02. The molecular weight excluding hydrogens is 292 g/mol. The van der Waals surface area contributed by atoms with Crippen molar-refractivity contribution in [3.63, 3.8) is 0 Å². The van der Waals surface area contributed by atoms with Crippen LogP contribution in [0.5, 0.6) is 0 Å². The summed E-state index contributed by atoms with van der Waals surface area (Å²) in [6.07, 6.45) is 3.56.